The highest BCUT2D eigenvalue weighted by Crippen LogP contribution is 2.42. The van der Waals surface area contributed by atoms with E-state index in [2.05, 4.69) is 21.1 Å². The van der Waals surface area contributed by atoms with E-state index in [1.165, 1.54) is 6.07 Å². The number of nitrogen functional groups attached to an aromatic ring is 1. The molecule has 0 atom stereocenters. The van der Waals surface area contributed by atoms with Crippen LogP contribution >= 0.6 is 27.5 Å². The summed E-state index contributed by atoms with van der Waals surface area (Å²) in [6.45, 7) is 0. The van der Waals surface area contributed by atoms with Crippen molar-refractivity contribution in [2.24, 2.45) is 0 Å². The molecule has 0 radical (unpaired) electrons. The third-order valence-corrected chi connectivity index (χ3v) is 4.05. The summed E-state index contributed by atoms with van der Waals surface area (Å²) in [5.74, 6) is -0.334. The Kier molecular flexibility index (Phi) is 3.69. The van der Waals surface area contributed by atoms with Gasteiger partial charge in [0.05, 0.1) is 11.1 Å². The van der Waals surface area contributed by atoms with Gasteiger partial charge < -0.3 is 10.3 Å². The second-order valence-corrected chi connectivity index (χ2v) is 5.61. The molecule has 2 N–H and O–H groups in total. The van der Waals surface area contributed by atoms with Crippen molar-refractivity contribution in [3.05, 3.63) is 57.8 Å². The summed E-state index contributed by atoms with van der Waals surface area (Å²) in [6, 6.07) is 11.8. The highest BCUT2D eigenvalue weighted by molar-refractivity contribution is 9.10. The number of rotatable bonds is 2. The third kappa shape index (κ3) is 2.43. The number of anilines is 1. The zero-order valence-corrected chi connectivity index (χ0v) is 13.0. The van der Waals surface area contributed by atoms with E-state index in [1.54, 1.807) is 30.3 Å². The van der Waals surface area contributed by atoms with E-state index >= 15 is 0 Å². The van der Waals surface area contributed by atoms with Crippen LogP contribution in [0.4, 0.5) is 10.3 Å². The molecule has 0 unspecified atom stereocenters. The first-order chi connectivity index (χ1) is 10.1. The van der Waals surface area contributed by atoms with Crippen LogP contribution in [0.3, 0.4) is 0 Å². The van der Waals surface area contributed by atoms with E-state index in [-0.39, 0.29) is 11.4 Å². The number of hydrogen-bond acceptors (Lipinski definition) is 3. The lowest BCUT2D eigenvalue weighted by Gasteiger charge is -2.07. The molecule has 2 aromatic carbocycles. The standard InChI is InChI=1S/C15H9BrClFN2O/c16-9-5-3-7-11(18)13(9)14-12(15(19)21-20-14)8-4-1-2-6-10(8)17/h1-7H,19H2. The van der Waals surface area contributed by atoms with Gasteiger partial charge in [-0.25, -0.2) is 4.39 Å². The molecular formula is C15H9BrClFN2O. The molecule has 1 heterocycles. The van der Waals surface area contributed by atoms with Gasteiger partial charge in [-0.05, 0) is 34.1 Å². The van der Waals surface area contributed by atoms with Crippen LogP contribution in [0, 0.1) is 5.82 Å². The Bertz CT molecular complexity index is 799. The summed E-state index contributed by atoms with van der Waals surface area (Å²) in [5, 5.41) is 4.38. The Morgan fingerprint density at radius 1 is 1.10 bits per heavy atom. The lowest BCUT2D eigenvalue weighted by atomic mass is 10.0. The van der Waals surface area contributed by atoms with Crippen LogP contribution in [0.2, 0.25) is 5.02 Å². The number of nitrogens with zero attached hydrogens (tertiary/aromatic N) is 1. The van der Waals surface area contributed by atoms with Gasteiger partial charge in [0.15, 0.2) is 0 Å². The third-order valence-electron chi connectivity index (χ3n) is 3.06. The van der Waals surface area contributed by atoms with Crippen molar-refractivity contribution in [3.63, 3.8) is 0 Å². The monoisotopic (exact) mass is 366 g/mol. The average Bonchev–Trinajstić information content (AvgIpc) is 2.81. The van der Waals surface area contributed by atoms with E-state index in [4.69, 9.17) is 21.9 Å². The second-order valence-electron chi connectivity index (χ2n) is 4.35. The summed E-state index contributed by atoms with van der Waals surface area (Å²) in [6.07, 6.45) is 0. The molecule has 3 nitrogen and oxygen atoms in total. The maximum absolute atomic E-state index is 14.2. The van der Waals surface area contributed by atoms with Crippen LogP contribution in [-0.2, 0) is 0 Å². The van der Waals surface area contributed by atoms with Crippen LogP contribution in [0.25, 0.3) is 22.4 Å². The SMILES string of the molecule is Nc1onc(-c2c(F)cccc2Br)c1-c1ccccc1Cl. The van der Waals surface area contributed by atoms with Crippen LogP contribution < -0.4 is 5.73 Å². The quantitative estimate of drug-likeness (QED) is 0.682. The number of aromatic nitrogens is 1. The van der Waals surface area contributed by atoms with Crippen LogP contribution in [-0.4, -0.2) is 5.16 Å². The summed E-state index contributed by atoms with van der Waals surface area (Å²) in [4.78, 5) is 0. The zero-order valence-electron chi connectivity index (χ0n) is 10.6. The first-order valence-corrected chi connectivity index (χ1v) is 7.21. The van der Waals surface area contributed by atoms with Crippen LogP contribution in [0.1, 0.15) is 0 Å². The van der Waals surface area contributed by atoms with Gasteiger partial charge in [-0.1, -0.05) is 41.0 Å². The van der Waals surface area contributed by atoms with E-state index in [0.717, 1.165) is 0 Å². The van der Waals surface area contributed by atoms with E-state index in [0.29, 0.717) is 26.3 Å². The highest BCUT2D eigenvalue weighted by Gasteiger charge is 2.23. The Hall–Kier alpha value is -1.85. The number of nitrogens with two attached hydrogens (primary N) is 1. The van der Waals surface area contributed by atoms with Gasteiger partial charge in [0.25, 0.3) is 0 Å². The fourth-order valence-electron chi connectivity index (χ4n) is 2.12. The summed E-state index contributed by atoms with van der Waals surface area (Å²) < 4.78 is 19.8. The molecule has 6 heteroatoms. The molecule has 3 rings (SSSR count). The summed E-state index contributed by atoms with van der Waals surface area (Å²) in [5.41, 5.74) is 7.57. The second kappa shape index (κ2) is 5.50. The largest absolute Gasteiger partial charge is 0.367 e. The summed E-state index contributed by atoms with van der Waals surface area (Å²) >= 11 is 9.52. The topological polar surface area (TPSA) is 52.0 Å². The molecule has 0 bridgehead atoms. The summed E-state index contributed by atoms with van der Waals surface area (Å²) in [7, 11) is 0. The average molecular weight is 368 g/mol. The fourth-order valence-corrected chi connectivity index (χ4v) is 2.88. The minimum atomic E-state index is -0.425. The zero-order chi connectivity index (χ0) is 15.0. The molecule has 0 saturated carbocycles. The van der Waals surface area contributed by atoms with E-state index < -0.39 is 5.82 Å². The van der Waals surface area contributed by atoms with Crippen molar-refractivity contribution in [2.45, 2.75) is 0 Å². The molecule has 0 fully saturated rings. The van der Waals surface area contributed by atoms with Gasteiger partial charge in [0, 0.05) is 15.1 Å². The Morgan fingerprint density at radius 2 is 1.86 bits per heavy atom. The predicted molar refractivity (Wildman–Crippen MR) is 84.5 cm³/mol. The Balaban J connectivity index is 2.31. The number of hydrogen-bond donors (Lipinski definition) is 1. The van der Waals surface area contributed by atoms with Crippen molar-refractivity contribution in [2.75, 3.05) is 5.73 Å². The van der Waals surface area contributed by atoms with Gasteiger partial charge in [-0.3, -0.25) is 0 Å². The van der Waals surface area contributed by atoms with Crippen LogP contribution in [0.5, 0.6) is 0 Å². The highest BCUT2D eigenvalue weighted by atomic mass is 79.9. The molecular weight excluding hydrogens is 359 g/mol. The molecule has 0 spiro atoms. The Morgan fingerprint density at radius 3 is 2.57 bits per heavy atom. The van der Waals surface area contributed by atoms with Crippen LogP contribution in [0.15, 0.2) is 51.5 Å². The van der Waals surface area contributed by atoms with Crippen molar-refractivity contribution in [1.82, 2.24) is 5.16 Å². The normalized spacial score (nSPS) is 10.8. The van der Waals surface area contributed by atoms with Crippen molar-refractivity contribution in [1.29, 1.82) is 0 Å². The molecule has 21 heavy (non-hydrogen) atoms. The molecule has 0 aliphatic rings. The number of halogens is 3. The first-order valence-electron chi connectivity index (χ1n) is 6.04. The van der Waals surface area contributed by atoms with Gasteiger partial charge in [-0.15, -0.1) is 0 Å². The molecule has 0 aliphatic carbocycles. The number of benzene rings is 2. The minimum Gasteiger partial charge on any atom is -0.367 e. The molecule has 106 valence electrons. The van der Waals surface area contributed by atoms with Gasteiger partial charge in [0.2, 0.25) is 5.88 Å². The smallest absolute Gasteiger partial charge is 0.230 e. The molecule has 0 amide bonds. The van der Waals surface area contributed by atoms with Gasteiger partial charge in [0.1, 0.15) is 11.5 Å². The molecule has 0 saturated heterocycles. The maximum atomic E-state index is 14.2. The molecule has 0 aliphatic heterocycles. The minimum absolute atomic E-state index is 0.0910. The van der Waals surface area contributed by atoms with Crippen molar-refractivity contribution < 1.29 is 8.91 Å². The predicted octanol–water partition coefficient (Wildman–Crippen LogP) is 5.15. The maximum Gasteiger partial charge on any atom is 0.230 e. The molecule has 3 aromatic rings. The molecule has 1 aromatic heterocycles. The van der Waals surface area contributed by atoms with Crippen molar-refractivity contribution in [3.8, 4) is 22.4 Å². The lowest BCUT2D eigenvalue weighted by molar-refractivity contribution is 0.439. The lowest BCUT2D eigenvalue weighted by Crippen LogP contribution is -1.91. The van der Waals surface area contributed by atoms with Crippen molar-refractivity contribution >= 4 is 33.4 Å². The van der Waals surface area contributed by atoms with Gasteiger partial charge in [-0.2, -0.15) is 0 Å². The first kappa shape index (κ1) is 14.1. The fraction of sp³-hybridized carbons (Fsp3) is 0. The van der Waals surface area contributed by atoms with E-state index in [9.17, 15) is 4.39 Å². The van der Waals surface area contributed by atoms with E-state index in [1.807, 2.05) is 6.07 Å². The van der Waals surface area contributed by atoms with Gasteiger partial charge >= 0.3 is 0 Å². The Labute approximate surface area is 133 Å².